The van der Waals surface area contributed by atoms with Crippen LogP contribution >= 0.6 is 0 Å². The molecule has 0 radical (unpaired) electrons. The number of carbonyl (C=O) groups is 2. The quantitative estimate of drug-likeness (QED) is 0.241. The van der Waals surface area contributed by atoms with Crippen molar-refractivity contribution in [2.24, 2.45) is 11.3 Å². The van der Waals surface area contributed by atoms with Crippen molar-refractivity contribution in [3.63, 3.8) is 0 Å². The van der Waals surface area contributed by atoms with E-state index in [-0.39, 0.29) is 37.8 Å². The van der Waals surface area contributed by atoms with Gasteiger partial charge >= 0.3 is 11.9 Å². The molecule has 0 rings (SSSR count). The summed E-state index contributed by atoms with van der Waals surface area (Å²) in [7, 11) is 1.26. The van der Waals surface area contributed by atoms with Gasteiger partial charge in [-0.25, -0.2) is 4.79 Å². The van der Waals surface area contributed by atoms with Crippen molar-refractivity contribution < 1.29 is 39.5 Å². The molecule has 0 heterocycles. The molecule has 5 atom stereocenters. The van der Waals surface area contributed by atoms with Crippen LogP contribution in [-0.4, -0.2) is 70.5 Å². The molecular weight excluding hydrogens is 392 g/mol. The maximum absolute atomic E-state index is 11.7. The summed E-state index contributed by atoms with van der Waals surface area (Å²) in [6.45, 7) is 7.30. The average molecular weight is 433 g/mol. The van der Waals surface area contributed by atoms with Crippen molar-refractivity contribution in [1.29, 1.82) is 0 Å². The first-order valence-electron chi connectivity index (χ1n) is 10.5. The third-order valence-electron chi connectivity index (χ3n) is 4.82. The Hall–Kier alpha value is -1.48. The molecule has 0 saturated carbocycles. The second-order valence-corrected chi connectivity index (χ2v) is 8.89. The van der Waals surface area contributed by atoms with Gasteiger partial charge in [-0.2, -0.15) is 0 Å². The highest BCUT2D eigenvalue weighted by atomic mass is 16.5. The van der Waals surface area contributed by atoms with Gasteiger partial charge in [0.25, 0.3) is 0 Å². The molecule has 8 nitrogen and oxygen atoms in total. The summed E-state index contributed by atoms with van der Waals surface area (Å²) in [5.74, 6) is -0.921. The van der Waals surface area contributed by atoms with Gasteiger partial charge in [0.05, 0.1) is 43.5 Å². The lowest BCUT2D eigenvalue weighted by molar-refractivity contribution is -0.153. The first kappa shape index (κ1) is 28.5. The first-order valence-corrected chi connectivity index (χ1v) is 10.5. The molecule has 0 fully saturated rings. The summed E-state index contributed by atoms with van der Waals surface area (Å²) < 4.78 is 9.60. The van der Waals surface area contributed by atoms with Crippen LogP contribution in [-0.2, 0) is 19.1 Å². The van der Waals surface area contributed by atoms with Gasteiger partial charge in [-0.15, -0.1) is 0 Å². The zero-order chi connectivity index (χ0) is 23.3. The summed E-state index contributed by atoms with van der Waals surface area (Å²) in [6, 6.07) is 0. The molecule has 0 spiro atoms. The molecule has 30 heavy (non-hydrogen) atoms. The molecule has 4 N–H and O–H groups in total. The van der Waals surface area contributed by atoms with Crippen LogP contribution in [0.3, 0.4) is 0 Å². The average Bonchev–Trinajstić information content (AvgIpc) is 2.64. The fraction of sp³-hybridized carbons (Fsp3) is 0.818. The van der Waals surface area contributed by atoms with Crippen molar-refractivity contribution in [2.75, 3.05) is 13.7 Å². The van der Waals surface area contributed by atoms with Gasteiger partial charge in [0.15, 0.2) is 0 Å². The molecule has 176 valence electrons. The number of rotatable bonds is 14. The highest BCUT2D eigenvalue weighted by Crippen LogP contribution is 2.19. The van der Waals surface area contributed by atoms with E-state index in [9.17, 15) is 30.0 Å². The maximum Gasteiger partial charge on any atom is 0.330 e. The van der Waals surface area contributed by atoms with E-state index in [1.54, 1.807) is 20.8 Å². The van der Waals surface area contributed by atoms with E-state index in [0.717, 1.165) is 0 Å². The Balaban J connectivity index is 4.09. The second-order valence-electron chi connectivity index (χ2n) is 8.89. The summed E-state index contributed by atoms with van der Waals surface area (Å²) >= 11 is 0. The van der Waals surface area contributed by atoms with E-state index >= 15 is 0 Å². The van der Waals surface area contributed by atoms with Crippen molar-refractivity contribution in [1.82, 2.24) is 0 Å². The van der Waals surface area contributed by atoms with Crippen LogP contribution in [0.2, 0.25) is 0 Å². The highest BCUT2D eigenvalue weighted by Gasteiger charge is 2.24. The summed E-state index contributed by atoms with van der Waals surface area (Å²) in [5.41, 5.74) is -0.577. The molecule has 0 aliphatic rings. The molecule has 0 aromatic carbocycles. The Labute approximate surface area is 179 Å². The number of carbonyl (C=O) groups excluding carboxylic acids is 2. The Morgan fingerprint density at radius 2 is 1.53 bits per heavy atom. The number of ether oxygens (including phenoxy) is 2. The maximum atomic E-state index is 11.7. The van der Waals surface area contributed by atoms with Crippen LogP contribution in [0.1, 0.15) is 66.2 Å². The number of esters is 2. The van der Waals surface area contributed by atoms with Crippen LogP contribution < -0.4 is 0 Å². The predicted octanol–water partition coefficient (Wildman–Crippen LogP) is 1.73. The monoisotopic (exact) mass is 432 g/mol. The molecule has 0 bridgehead atoms. The molecule has 8 heteroatoms. The lowest BCUT2D eigenvalue weighted by Crippen LogP contribution is -2.27. The van der Waals surface area contributed by atoms with Gasteiger partial charge in [0, 0.05) is 12.5 Å². The number of hydrogen-bond donors (Lipinski definition) is 4. The highest BCUT2D eigenvalue weighted by molar-refractivity contribution is 5.81. The first-order chi connectivity index (χ1) is 13.9. The minimum atomic E-state index is -0.876. The fourth-order valence-corrected chi connectivity index (χ4v) is 2.75. The van der Waals surface area contributed by atoms with E-state index in [1.807, 2.05) is 6.92 Å². The number of methoxy groups -OCH3 is 1. The smallest absolute Gasteiger partial charge is 0.330 e. The van der Waals surface area contributed by atoms with E-state index in [4.69, 9.17) is 4.74 Å². The number of aliphatic hydroxyl groups is 4. The van der Waals surface area contributed by atoms with Gasteiger partial charge in [0.2, 0.25) is 0 Å². The summed E-state index contributed by atoms with van der Waals surface area (Å²) in [5, 5.41) is 40.2. The molecule has 0 aliphatic carbocycles. The Morgan fingerprint density at radius 1 is 0.933 bits per heavy atom. The standard InChI is InChI=1S/C22H40O8/c1-15(19(26)11-12-30-21(28)22(2,3)4)9-10-17(24)14-18(25)13-16(23)7-6-8-20(27)29-5/h6,8,15-19,23-26H,7,9-14H2,1-5H3/b8-6+/t15-,16+,17+,18+,19-/m1/s1. The molecule has 0 saturated heterocycles. The Kier molecular flexibility index (Phi) is 13.8. The van der Waals surface area contributed by atoms with E-state index < -0.39 is 35.8 Å². The molecule has 0 aliphatic heterocycles. The fourth-order valence-electron chi connectivity index (χ4n) is 2.75. The largest absolute Gasteiger partial charge is 0.466 e. The molecule has 0 amide bonds. The van der Waals surface area contributed by atoms with Crippen molar-refractivity contribution >= 4 is 11.9 Å². The van der Waals surface area contributed by atoms with Crippen LogP contribution in [0, 0.1) is 11.3 Å². The number of aliphatic hydroxyl groups excluding tert-OH is 4. The zero-order valence-electron chi connectivity index (χ0n) is 18.9. The lowest BCUT2D eigenvalue weighted by Gasteiger charge is -2.22. The number of hydrogen-bond acceptors (Lipinski definition) is 8. The molecule has 0 aromatic rings. The molecule has 0 unspecified atom stereocenters. The molecule has 0 aromatic heterocycles. The minimum Gasteiger partial charge on any atom is -0.466 e. The lowest BCUT2D eigenvalue weighted by atomic mass is 9.93. The van der Waals surface area contributed by atoms with E-state index in [2.05, 4.69) is 4.74 Å². The normalized spacial score (nSPS) is 17.2. The summed E-state index contributed by atoms with van der Waals surface area (Å²) in [6.07, 6.45) is 1.24. The van der Waals surface area contributed by atoms with Gasteiger partial charge < -0.3 is 29.9 Å². The second kappa shape index (κ2) is 14.5. The van der Waals surface area contributed by atoms with E-state index in [0.29, 0.717) is 19.3 Å². The van der Waals surface area contributed by atoms with Gasteiger partial charge in [-0.05, 0) is 58.8 Å². The van der Waals surface area contributed by atoms with Crippen LogP contribution in [0.15, 0.2) is 12.2 Å². The topological polar surface area (TPSA) is 134 Å². The van der Waals surface area contributed by atoms with Gasteiger partial charge in [0.1, 0.15) is 0 Å². The van der Waals surface area contributed by atoms with Crippen molar-refractivity contribution in [3.8, 4) is 0 Å². The van der Waals surface area contributed by atoms with Crippen LogP contribution in [0.25, 0.3) is 0 Å². The third kappa shape index (κ3) is 13.7. The van der Waals surface area contributed by atoms with Crippen LogP contribution in [0.4, 0.5) is 0 Å². The minimum absolute atomic E-state index is 0.0832. The van der Waals surface area contributed by atoms with Gasteiger partial charge in [-0.1, -0.05) is 13.0 Å². The van der Waals surface area contributed by atoms with Crippen molar-refractivity contribution in [3.05, 3.63) is 12.2 Å². The van der Waals surface area contributed by atoms with Crippen LogP contribution in [0.5, 0.6) is 0 Å². The van der Waals surface area contributed by atoms with Gasteiger partial charge in [-0.3, -0.25) is 4.79 Å². The molecular formula is C22H40O8. The van der Waals surface area contributed by atoms with Crippen molar-refractivity contribution in [2.45, 2.75) is 90.6 Å². The predicted molar refractivity (Wildman–Crippen MR) is 112 cm³/mol. The third-order valence-corrected chi connectivity index (χ3v) is 4.82. The summed E-state index contributed by atoms with van der Waals surface area (Å²) in [4.78, 5) is 22.7. The Morgan fingerprint density at radius 3 is 2.10 bits per heavy atom. The van der Waals surface area contributed by atoms with E-state index in [1.165, 1.54) is 19.3 Å². The SMILES string of the molecule is COC(=O)/C=C/C[C@H](O)C[C@H](O)C[C@@H](O)CC[C@@H](C)[C@H](O)CCOC(=O)C(C)(C)C. The zero-order valence-corrected chi connectivity index (χ0v) is 18.9. The Bertz CT molecular complexity index is 526.